The SMILES string of the molecule is CCC(=O)Nc1cc(S(=O)(=O)Nc2cc(Cl)cc(Cl)c2)ccc1OC. The Hall–Kier alpha value is -1.96. The number of anilines is 2. The quantitative estimate of drug-likeness (QED) is 0.759. The molecule has 0 aromatic heterocycles. The van der Waals surface area contributed by atoms with Crippen LogP contribution >= 0.6 is 23.2 Å². The van der Waals surface area contributed by atoms with Crippen LogP contribution in [0.25, 0.3) is 0 Å². The summed E-state index contributed by atoms with van der Waals surface area (Å²) in [6, 6.07) is 8.52. The molecule has 0 saturated heterocycles. The van der Waals surface area contributed by atoms with Crippen LogP contribution in [0.3, 0.4) is 0 Å². The number of methoxy groups -OCH3 is 1. The van der Waals surface area contributed by atoms with Gasteiger partial charge in [0.1, 0.15) is 5.75 Å². The first-order chi connectivity index (χ1) is 11.7. The van der Waals surface area contributed by atoms with Crippen LogP contribution in [0.2, 0.25) is 10.0 Å². The molecule has 2 aromatic carbocycles. The number of sulfonamides is 1. The minimum Gasteiger partial charge on any atom is -0.495 e. The van der Waals surface area contributed by atoms with Gasteiger partial charge in [0.05, 0.1) is 23.4 Å². The highest BCUT2D eigenvalue weighted by molar-refractivity contribution is 7.92. The summed E-state index contributed by atoms with van der Waals surface area (Å²) in [4.78, 5) is 11.6. The summed E-state index contributed by atoms with van der Waals surface area (Å²) in [6.45, 7) is 1.69. The molecule has 2 aromatic rings. The molecule has 0 aliphatic rings. The topological polar surface area (TPSA) is 84.5 Å². The van der Waals surface area contributed by atoms with Gasteiger partial charge in [-0.15, -0.1) is 0 Å². The van der Waals surface area contributed by atoms with Crippen molar-refractivity contribution >= 4 is 50.5 Å². The maximum Gasteiger partial charge on any atom is 0.261 e. The normalized spacial score (nSPS) is 11.0. The molecule has 0 atom stereocenters. The summed E-state index contributed by atoms with van der Waals surface area (Å²) >= 11 is 11.8. The minimum atomic E-state index is -3.91. The van der Waals surface area contributed by atoms with Crippen LogP contribution in [-0.4, -0.2) is 21.4 Å². The van der Waals surface area contributed by atoms with E-state index < -0.39 is 10.0 Å². The van der Waals surface area contributed by atoms with Crippen molar-refractivity contribution in [3.8, 4) is 5.75 Å². The standard InChI is InChI=1S/C16H16Cl2N2O4S/c1-3-16(21)19-14-9-13(4-5-15(14)24-2)25(22,23)20-12-7-10(17)6-11(18)8-12/h4-9,20H,3H2,1-2H3,(H,19,21). The summed E-state index contributed by atoms with van der Waals surface area (Å²) in [6.07, 6.45) is 0.249. The van der Waals surface area contributed by atoms with Crippen LogP contribution in [-0.2, 0) is 14.8 Å². The molecule has 0 bridgehead atoms. The number of ether oxygens (including phenoxy) is 1. The second kappa shape index (κ2) is 7.95. The number of amides is 1. The van der Waals surface area contributed by atoms with Crippen LogP contribution in [0.15, 0.2) is 41.3 Å². The smallest absolute Gasteiger partial charge is 0.261 e. The van der Waals surface area contributed by atoms with Crippen molar-refractivity contribution in [3.05, 3.63) is 46.4 Å². The lowest BCUT2D eigenvalue weighted by molar-refractivity contribution is -0.115. The van der Waals surface area contributed by atoms with Gasteiger partial charge in [-0.05, 0) is 36.4 Å². The Labute approximate surface area is 156 Å². The lowest BCUT2D eigenvalue weighted by Gasteiger charge is -2.13. The Morgan fingerprint density at radius 2 is 1.76 bits per heavy atom. The first kappa shape index (κ1) is 19.4. The van der Waals surface area contributed by atoms with E-state index in [1.165, 1.54) is 43.5 Å². The van der Waals surface area contributed by atoms with Crippen molar-refractivity contribution in [2.24, 2.45) is 0 Å². The Bertz CT molecular complexity index is 881. The molecule has 0 aliphatic carbocycles. The van der Waals surface area contributed by atoms with E-state index in [0.717, 1.165) is 0 Å². The molecule has 0 unspecified atom stereocenters. The maximum absolute atomic E-state index is 12.6. The van der Waals surface area contributed by atoms with Gasteiger partial charge < -0.3 is 10.1 Å². The number of halogens is 2. The Balaban J connectivity index is 2.38. The predicted octanol–water partition coefficient (Wildman–Crippen LogP) is 4.15. The van der Waals surface area contributed by atoms with Gasteiger partial charge in [-0.3, -0.25) is 9.52 Å². The summed E-state index contributed by atoms with van der Waals surface area (Å²) in [5.41, 5.74) is 0.494. The van der Waals surface area contributed by atoms with Gasteiger partial charge in [-0.25, -0.2) is 8.42 Å². The van der Waals surface area contributed by atoms with E-state index in [1.807, 2.05) is 0 Å². The van der Waals surface area contributed by atoms with Crippen LogP contribution < -0.4 is 14.8 Å². The zero-order valence-electron chi connectivity index (χ0n) is 13.5. The largest absolute Gasteiger partial charge is 0.495 e. The van der Waals surface area contributed by atoms with Crippen LogP contribution in [0, 0.1) is 0 Å². The molecular formula is C16H16Cl2N2O4S. The average Bonchev–Trinajstić information content (AvgIpc) is 2.53. The molecule has 1 amide bonds. The van der Waals surface area contributed by atoms with E-state index in [4.69, 9.17) is 27.9 Å². The molecule has 0 heterocycles. The zero-order chi connectivity index (χ0) is 18.6. The Morgan fingerprint density at radius 1 is 1.12 bits per heavy atom. The fraction of sp³-hybridized carbons (Fsp3) is 0.188. The summed E-state index contributed by atoms with van der Waals surface area (Å²) in [7, 11) is -2.48. The van der Waals surface area contributed by atoms with E-state index in [2.05, 4.69) is 10.0 Å². The van der Waals surface area contributed by atoms with Crippen LogP contribution in [0.1, 0.15) is 13.3 Å². The molecule has 25 heavy (non-hydrogen) atoms. The van der Waals surface area contributed by atoms with E-state index in [0.29, 0.717) is 15.8 Å². The second-order valence-corrected chi connectivity index (χ2v) is 7.58. The Kier molecular flexibility index (Phi) is 6.16. The van der Waals surface area contributed by atoms with Crippen molar-refractivity contribution in [3.63, 3.8) is 0 Å². The van der Waals surface area contributed by atoms with Gasteiger partial charge in [0.2, 0.25) is 5.91 Å². The monoisotopic (exact) mass is 402 g/mol. The van der Waals surface area contributed by atoms with Crippen molar-refractivity contribution in [2.75, 3.05) is 17.1 Å². The number of nitrogens with one attached hydrogen (secondary N) is 2. The van der Waals surface area contributed by atoms with Gasteiger partial charge in [-0.1, -0.05) is 30.1 Å². The summed E-state index contributed by atoms with van der Waals surface area (Å²) < 4.78 is 32.7. The molecule has 2 N–H and O–H groups in total. The van der Waals surface area contributed by atoms with E-state index in [-0.39, 0.29) is 28.6 Å². The van der Waals surface area contributed by atoms with E-state index in [9.17, 15) is 13.2 Å². The maximum atomic E-state index is 12.6. The molecule has 0 fully saturated rings. The van der Waals surface area contributed by atoms with Gasteiger partial charge in [0, 0.05) is 16.5 Å². The molecule has 0 aliphatic heterocycles. The average molecular weight is 403 g/mol. The predicted molar refractivity (Wildman–Crippen MR) is 99.2 cm³/mol. The molecule has 0 radical (unpaired) electrons. The number of rotatable bonds is 6. The van der Waals surface area contributed by atoms with Crippen molar-refractivity contribution < 1.29 is 17.9 Å². The number of carbonyl (C=O) groups excluding carboxylic acids is 1. The van der Waals surface area contributed by atoms with Gasteiger partial charge >= 0.3 is 0 Å². The molecule has 9 heteroatoms. The highest BCUT2D eigenvalue weighted by Gasteiger charge is 2.18. The van der Waals surface area contributed by atoms with E-state index in [1.54, 1.807) is 6.92 Å². The van der Waals surface area contributed by atoms with Crippen molar-refractivity contribution in [1.29, 1.82) is 0 Å². The molecule has 0 saturated carbocycles. The molecule has 0 spiro atoms. The number of carbonyl (C=O) groups is 1. The van der Waals surface area contributed by atoms with Crippen LogP contribution in [0.4, 0.5) is 11.4 Å². The lowest BCUT2D eigenvalue weighted by Crippen LogP contribution is -2.15. The van der Waals surface area contributed by atoms with Crippen LogP contribution in [0.5, 0.6) is 5.75 Å². The van der Waals surface area contributed by atoms with Gasteiger partial charge in [-0.2, -0.15) is 0 Å². The number of hydrogen-bond donors (Lipinski definition) is 2. The third-order valence-electron chi connectivity index (χ3n) is 3.19. The number of benzene rings is 2. The first-order valence-corrected chi connectivity index (χ1v) is 9.46. The number of hydrogen-bond acceptors (Lipinski definition) is 4. The molecule has 6 nitrogen and oxygen atoms in total. The first-order valence-electron chi connectivity index (χ1n) is 7.22. The highest BCUT2D eigenvalue weighted by atomic mass is 35.5. The van der Waals surface area contributed by atoms with Crippen molar-refractivity contribution in [2.45, 2.75) is 18.2 Å². The molecule has 134 valence electrons. The summed E-state index contributed by atoms with van der Waals surface area (Å²) in [5, 5.41) is 3.21. The molecular weight excluding hydrogens is 387 g/mol. The fourth-order valence-electron chi connectivity index (χ4n) is 2.02. The third-order valence-corrected chi connectivity index (χ3v) is 5.01. The lowest BCUT2D eigenvalue weighted by atomic mass is 10.3. The minimum absolute atomic E-state index is 0.0456. The third kappa shape index (κ3) is 5.01. The molecule has 2 rings (SSSR count). The highest BCUT2D eigenvalue weighted by Crippen LogP contribution is 2.29. The van der Waals surface area contributed by atoms with Crippen molar-refractivity contribution in [1.82, 2.24) is 0 Å². The van der Waals surface area contributed by atoms with Gasteiger partial charge in [0.15, 0.2) is 0 Å². The summed E-state index contributed by atoms with van der Waals surface area (Å²) in [5.74, 6) is 0.0916. The Morgan fingerprint density at radius 3 is 2.32 bits per heavy atom. The van der Waals surface area contributed by atoms with E-state index >= 15 is 0 Å². The fourth-order valence-corrected chi connectivity index (χ4v) is 3.61. The van der Waals surface area contributed by atoms with Gasteiger partial charge in [0.25, 0.3) is 10.0 Å². The second-order valence-electron chi connectivity index (χ2n) is 5.03. The zero-order valence-corrected chi connectivity index (χ0v) is 15.8.